The van der Waals surface area contributed by atoms with Crippen molar-refractivity contribution in [2.75, 3.05) is 50.8 Å². The molecule has 0 bridgehead atoms. The van der Waals surface area contributed by atoms with Gasteiger partial charge >= 0.3 is 6.01 Å². The minimum atomic E-state index is -0.938. The summed E-state index contributed by atoms with van der Waals surface area (Å²) in [6.07, 6.45) is 11.2. The van der Waals surface area contributed by atoms with Crippen LogP contribution in [0.3, 0.4) is 0 Å². The molecule has 3 aromatic heterocycles. The molecule has 9 nitrogen and oxygen atoms in total. The number of hydrogen-bond donors (Lipinski definition) is 0. The van der Waals surface area contributed by atoms with E-state index in [-0.39, 0.29) is 36.9 Å². The SMILES string of the molecule is C#Cc1cccc2cccc(-c3ncc4c(N5CCN(C(=O)/C(F)=C/c6nccs6)CC5)nc(OC[C@@]56CCCN5C[C@H](F)C6)nc4c3F)c12. The van der Waals surface area contributed by atoms with E-state index in [1.54, 1.807) is 29.9 Å². The number of carbonyl (C=O) groups excluding carboxylic acids is 1. The van der Waals surface area contributed by atoms with E-state index in [4.69, 9.17) is 16.1 Å². The summed E-state index contributed by atoms with van der Waals surface area (Å²) in [5, 5.41) is 4.02. The number of anilines is 1. The van der Waals surface area contributed by atoms with Crippen molar-refractivity contribution in [3.05, 3.63) is 76.4 Å². The number of alkyl halides is 1. The molecule has 0 N–H and O–H groups in total. The molecule has 6 heterocycles. The van der Waals surface area contributed by atoms with Gasteiger partial charge in [-0.1, -0.05) is 36.3 Å². The topological polar surface area (TPSA) is 87.6 Å². The molecule has 3 aliphatic heterocycles. The average Bonchev–Trinajstić information content (AvgIpc) is 3.86. The Labute approximate surface area is 290 Å². The van der Waals surface area contributed by atoms with Crippen LogP contribution in [-0.4, -0.2) is 93.2 Å². The molecule has 0 radical (unpaired) electrons. The third kappa shape index (κ3) is 5.72. The number of halogens is 3. The van der Waals surface area contributed by atoms with E-state index in [1.165, 1.54) is 16.2 Å². The molecule has 3 saturated heterocycles. The van der Waals surface area contributed by atoms with Crippen LogP contribution in [0.1, 0.15) is 29.8 Å². The molecule has 0 aliphatic carbocycles. The number of terminal acetylenes is 1. The zero-order valence-electron chi connectivity index (χ0n) is 27.0. The fraction of sp³-hybridized carbons (Fsp3) is 0.324. The molecular formula is C37H32F3N7O2S. The summed E-state index contributed by atoms with van der Waals surface area (Å²) in [4.78, 5) is 36.3. The van der Waals surface area contributed by atoms with Crippen LogP contribution in [0, 0.1) is 18.2 Å². The summed E-state index contributed by atoms with van der Waals surface area (Å²) in [5.41, 5.74) is 0.766. The smallest absolute Gasteiger partial charge is 0.319 e. The highest BCUT2D eigenvalue weighted by Gasteiger charge is 2.49. The van der Waals surface area contributed by atoms with Crippen molar-refractivity contribution in [3.8, 4) is 29.6 Å². The lowest BCUT2D eigenvalue weighted by Gasteiger charge is -2.35. The van der Waals surface area contributed by atoms with Crippen LogP contribution >= 0.6 is 11.3 Å². The van der Waals surface area contributed by atoms with Gasteiger partial charge in [-0.3, -0.25) is 14.7 Å². The Balaban J connectivity index is 1.16. The van der Waals surface area contributed by atoms with E-state index in [1.807, 2.05) is 29.2 Å². The van der Waals surface area contributed by atoms with Crippen molar-refractivity contribution in [2.45, 2.75) is 31.0 Å². The lowest BCUT2D eigenvalue weighted by molar-refractivity contribution is -0.128. The van der Waals surface area contributed by atoms with E-state index >= 15 is 4.39 Å². The third-order valence-corrected chi connectivity index (χ3v) is 10.7. The van der Waals surface area contributed by atoms with Gasteiger partial charge in [0.2, 0.25) is 0 Å². The van der Waals surface area contributed by atoms with Gasteiger partial charge in [0.05, 0.1) is 10.9 Å². The molecule has 2 aromatic carbocycles. The predicted molar refractivity (Wildman–Crippen MR) is 187 cm³/mol. The molecule has 13 heteroatoms. The van der Waals surface area contributed by atoms with Crippen LogP contribution in [0.25, 0.3) is 39.0 Å². The number of hydrogen-bond acceptors (Lipinski definition) is 9. The third-order valence-electron chi connectivity index (χ3n) is 9.96. The molecular weight excluding hydrogens is 664 g/mol. The Morgan fingerprint density at radius 3 is 2.72 bits per heavy atom. The zero-order chi connectivity index (χ0) is 34.4. The Bertz CT molecular complexity index is 2180. The van der Waals surface area contributed by atoms with E-state index in [2.05, 4.69) is 25.8 Å². The Morgan fingerprint density at radius 1 is 1.12 bits per heavy atom. The number of pyridine rings is 1. The quantitative estimate of drug-likeness (QED) is 0.151. The van der Waals surface area contributed by atoms with Gasteiger partial charge in [-0.05, 0) is 30.8 Å². The fourth-order valence-corrected chi connectivity index (χ4v) is 8.12. The number of benzene rings is 2. The van der Waals surface area contributed by atoms with Crippen LogP contribution in [0.15, 0.2) is 60.0 Å². The molecule has 254 valence electrons. The first-order valence-electron chi connectivity index (χ1n) is 16.5. The minimum Gasteiger partial charge on any atom is -0.461 e. The molecule has 0 unspecified atom stereocenters. The maximum Gasteiger partial charge on any atom is 0.319 e. The number of carbonyl (C=O) groups is 1. The first-order chi connectivity index (χ1) is 24.3. The summed E-state index contributed by atoms with van der Waals surface area (Å²) in [6, 6.07) is 11.0. The van der Waals surface area contributed by atoms with Crippen LogP contribution in [0.2, 0.25) is 0 Å². The van der Waals surface area contributed by atoms with Crippen molar-refractivity contribution < 1.29 is 22.7 Å². The number of nitrogens with zero attached hydrogens (tertiary/aromatic N) is 7. The van der Waals surface area contributed by atoms with Gasteiger partial charge in [0, 0.05) is 79.5 Å². The molecule has 0 spiro atoms. The lowest BCUT2D eigenvalue weighted by Crippen LogP contribution is -2.49. The molecule has 50 heavy (non-hydrogen) atoms. The van der Waals surface area contributed by atoms with Gasteiger partial charge in [0.1, 0.15) is 34.8 Å². The number of fused-ring (bicyclic) bond motifs is 3. The minimum absolute atomic E-state index is 0.0108. The van der Waals surface area contributed by atoms with Gasteiger partial charge in [0.25, 0.3) is 5.91 Å². The van der Waals surface area contributed by atoms with Crippen LogP contribution in [0.4, 0.5) is 19.0 Å². The predicted octanol–water partition coefficient (Wildman–Crippen LogP) is 6.04. The van der Waals surface area contributed by atoms with Crippen molar-refractivity contribution in [1.29, 1.82) is 0 Å². The molecule has 3 fully saturated rings. The highest BCUT2D eigenvalue weighted by Crippen LogP contribution is 2.41. The zero-order valence-corrected chi connectivity index (χ0v) is 27.8. The summed E-state index contributed by atoms with van der Waals surface area (Å²) < 4.78 is 52.4. The number of amides is 1. The maximum absolute atomic E-state index is 16.8. The highest BCUT2D eigenvalue weighted by atomic mass is 32.1. The molecule has 0 saturated carbocycles. The number of piperazine rings is 1. The highest BCUT2D eigenvalue weighted by molar-refractivity contribution is 7.10. The number of rotatable bonds is 7. The summed E-state index contributed by atoms with van der Waals surface area (Å²) in [6.45, 7) is 2.32. The van der Waals surface area contributed by atoms with Crippen molar-refractivity contribution in [3.63, 3.8) is 0 Å². The van der Waals surface area contributed by atoms with Crippen LogP contribution in [-0.2, 0) is 4.79 Å². The Kier molecular flexibility index (Phi) is 8.36. The normalized spacial score (nSPS) is 21.2. The second-order valence-corrected chi connectivity index (χ2v) is 13.8. The van der Waals surface area contributed by atoms with Crippen molar-refractivity contribution in [2.24, 2.45) is 0 Å². The molecule has 3 aliphatic rings. The van der Waals surface area contributed by atoms with Gasteiger partial charge in [-0.15, -0.1) is 17.8 Å². The largest absolute Gasteiger partial charge is 0.461 e. The first-order valence-corrected chi connectivity index (χ1v) is 17.4. The first kappa shape index (κ1) is 32.2. The van der Waals surface area contributed by atoms with Crippen molar-refractivity contribution in [1.82, 2.24) is 29.7 Å². The monoisotopic (exact) mass is 695 g/mol. The fourth-order valence-electron chi connectivity index (χ4n) is 7.57. The second kappa shape index (κ2) is 13.0. The van der Waals surface area contributed by atoms with Gasteiger partial charge in [-0.2, -0.15) is 9.97 Å². The molecule has 8 rings (SSSR count). The second-order valence-electron chi connectivity index (χ2n) is 12.9. The van der Waals surface area contributed by atoms with E-state index < -0.39 is 29.3 Å². The Morgan fingerprint density at radius 2 is 1.94 bits per heavy atom. The Hall–Kier alpha value is -5.06. The number of thiazole rings is 1. The number of aromatic nitrogens is 4. The van der Waals surface area contributed by atoms with Gasteiger partial charge < -0.3 is 14.5 Å². The summed E-state index contributed by atoms with van der Waals surface area (Å²) >= 11 is 1.24. The van der Waals surface area contributed by atoms with Crippen molar-refractivity contribution >= 4 is 50.8 Å². The molecule has 2 atom stereocenters. The molecule has 1 amide bonds. The van der Waals surface area contributed by atoms with Crippen LogP contribution < -0.4 is 9.64 Å². The summed E-state index contributed by atoms with van der Waals surface area (Å²) in [5.74, 6) is 0.806. The average molecular weight is 696 g/mol. The number of ether oxygens (including phenoxy) is 1. The van der Waals surface area contributed by atoms with Crippen LogP contribution in [0.5, 0.6) is 6.01 Å². The maximum atomic E-state index is 16.8. The van der Waals surface area contributed by atoms with E-state index in [0.717, 1.165) is 30.8 Å². The lowest BCUT2D eigenvalue weighted by atomic mass is 9.95. The standard InChI is InChI=1S/C37H32F3N7O2S/c1-2-23-6-3-7-24-8-4-9-26(30(23)24)32-31(40)33-27(20-42-32)34(44-36(43-33)49-22-37-10-5-12-47(37)21-25(38)19-37)45-13-15-46(16-14-45)35(48)28(39)18-29-41-11-17-50-29/h1,3-4,6-9,11,17-18,20,25H,5,10,12-16,19,21-22H2/b28-18-/t25-,37+/m1/s1. The summed E-state index contributed by atoms with van der Waals surface area (Å²) in [7, 11) is 0. The van der Waals surface area contributed by atoms with E-state index in [0.29, 0.717) is 58.8 Å². The molecule has 5 aromatic rings. The van der Waals surface area contributed by atoms with Gasteiger partial charge in [0.15, 0.2) is 11.6 Å². The van der Waals surface area contributed by atoms with Gasteiger partial charge in [-0.25, -0.2) is 18.2 Å². The van der Waals surface area contributed by atoms with E-state index in [9.17, 15) is 13.6 Å².